The van der Waals surface area contributed by atoms with Gasteiger partial charge in [-0.05, 0) is 12.8 Å². The zero-order valence-corrected chi connectivity index (χ0v) is 11.8. The fourth-order valence-electron chi connectivity index (χ4n) is 2.04. The molecule has 1 aliphatic rings. The fourth-order valence-corrected chi connectivity index (χ4v) is 2.04. The Bertz CT molecular complexity index is 391. The molecular formula is C12H18F4N2O3. The zero-order chi connectivity index (χ0) is 16.2. The lowest BCUT2D eigenvalue weighted by atomic mass is 10.2. The van der Waals surface area contributed by atoms with Crippen LogP contribution in [-0.4, -0.2) is 73.9 Å². The number of likely N-dealkylation sites (N-methyl/N-ethyl adjacent to an activating group) is 1. The minimum absolute atomic E-state index is 0.265. The van der Waals surface area contributed by atoms with Crippen molar-refractivity contribution >= 4 is 11.8 Å². The molecular weight excluding hydrogens is 296 g/mol. The van der Waals surface area contributed by atoms with Gasteiger partial charge in [0.15, 0.2) is 0 Å². The van der Waals surface area contributed by atoms with Crippen molar-refractivity contribution < 1.29 is 31.9 Å². The number of likely N-dealkylation sites (tertiary alicyclic amines) is 1. The number of carbonyl (C=O) groups is 2. The van der Waals surface area contributed by atoms with Gasteiger partial charge in [0.05, 0.1) is 0 Å². The topological polar surface area (TPSA) is 49.9 Å². The van der Waals surface area contributed by atoms with Crippen molar-refractivity contribution in [3.8, 4) is 0 Å². The molecule has 1 heterocycles. The Labute approximate surface area is 119 Å². The summed E-state index contributed by atoms with van der Waals surface area (Å²) < 4.78 is 53.5. The Hall–Kier alpha value is -1.38. The van der Waals surface area contributed by atoms with Gasteiger partial charge in [0.1, 0.15) is 19.3 Å². The van der Waals surface area contributed by atoms with E-state index in [2.05, 4.69) is 4.74 Å². The van der Waals surface area contributed by atoms with Crippen LogP contribution in [-0.2, 0) is 14.3 Å². The average molecular weight is 314 g/mol. The summed E-state index contributed by atoms with van der Waals surface area (Å²) in [7, 11) is 3.09. The van der Waals surface area contributed by atoms with Gasteiger partial charge in [0.25, 0.3) is 0 Å². The predicted octanol–water partition coefficient (Wildman–Crippen LogP) is 0.983. The second-order valence-electron chi connectivity index (χ2n) is 5.03. The smallest absolute Gasteiger partial charge is 0.330 e. The lowest BCUT2D eigenvalue weighted by molar-refractivity contribution is -0.171. The molecule has 0 N–H and O–H groups in total. The Morgan fingerprint density at radius 2 is 2.00 bits per heavy atom. The summed E-state index contributed by atoms with van der Waals surface area (Å²) in [6.45, 7) is -1.96. The molecule has 1 atom stereocenters. The molecule has 0 radical (unpaired) electrons. The molecule has 0 aromatic rings. The third-order valence-corrected chi connectivity index (χ3v) is 3.14. The van der Waals surface area contributed by atoms with Gasteiger partial charge in [-0.2, -0.15) is 8.78 Å². The summed E-state index contributed by atoms with van der Waals surface area (Å²) in [5.74, 6) is -5.21. The second kappa shape index (κ2) is 7.06. The first-order chi connectivity index (χ1) is 9.66. The van der Waals surface area contributed by atoms with Crippen LogP contribution in [0.4, 0.5) is 17.6 Å². The van der Waals surface area contributed by atoms with Crippen molar-refractivity contribution in [2.45, 2.75) is 31.2 Å². The number of nitrogens with zero attached hydrogens (tertiary/aromatic N) is 2. The Kier molecular flexibility index (Phi) is 5.94. The van der Waals surface area contributed by atoms with Crippen LogP contribution in [0.1, 0.15) is 12.8 Å². The summed E-state index contributed by atoms with van der Waals surface area (Å²) in [6, 6.07) is -0.647. The van der Waals surface area contributed by atoms with Gasteiger partial charge >= 0.3 is 12.3 Å². The van der Waals surface area contributed by atoms with Gasteiger partial charge in [-0.1, -0.05) is 0 Å². The van der Waals surface area contributed by atoms with Gasteiger partial charge < -0.3 is 14.5 Å². The van der Waals surface area contributed by atoms with Crippen LogP contribution in [0.15, 0.2) is 0 Å². The standard InChI is InChI=1S/C12H18F4N2O3/c1-17(2)10(20)8-4-3-5-18(8)9(19)6-21-7-12(15,16)11(13)14/h8,11H,3-7H2,1-2H3/t8-/m0/s1. The Morgan fingerprint density at radius 3 is 2.52 bits per heavy atom. The highest BCUT2D eigenvalue weighted by atomic mass is 19.3. The maximum atomic E-state index is 12.6. The predicted molar refractivity (Wildman–Crippen MR) is 65.2 cm³/mol. The molecule has 0 bridgehead atoms. The third-order valence-electron chi connectivity index (χ3n) is 3.14. The minimum Gasteiger partial charge on any atom is -0.365 e. The highest BCUT2D eigenvalue weighted by molar-refractivity contribution is 5.88. The van der Waals surface area contributed by atoms with Gasteiger partial charge in [0, 0.05) is 20.6 Å². The number of rotatable bonds is 6. The van der Waals surface area contributed by atoms with Crippen LogP contribution in [0.25, 0.3) is 0 Å². The first kappa shape index (κ1) is 17.7. The van der Waals surface area contributed by atoms with Crippen molar-refractivity contribution in [3.63, 3.8) is 0 Å². The lowest BCUT2D eigenvalue weighted by Crippen LogP contribution is -2.47. The van der Waals surface area contributed by atoms with Crippen LogP contribution in [0, 0.1) is 0 Å². The minimum atomic E-state index is -4.29. The highest BCUT2D eigenvalue weighted by Crippen LogP contribution is 2.23. The molecule has 0 saturated carbocycles. The van der Waals surface area contributed by atoms with Crippen molar-refractivity contribution in [2.75, 3.05) is 33.9 Å². The normalized spacial score (nSPS) is 19.2. The van der Waals surface area contributed by atoms with Crippen molar-refractivity contribution in [1.82, 2.24) is 9.80 Å². The van der Waals surface area contributed by atoms with E-state index in [1.165, 1.54) is 9.80 Å². The van der Waals surface area contributed by atoms with Gasteiger partial charge in [-0.25, -0.2) is 8.78 Å². The van der Waals surface area contributed by atoms with Gasteiger partial charge in [-0.15, -0.1) is 0 Å². The van der Waals surface area contributed by atoms with Crippen LogP contribution >= 0.6 is 0 Å². The average Bonchev–Trinajstić information content (AvgIpc) is 2.86. The Balaban J connectivity index is 2.50. The summed E-state index contributed by atoms with van der Waals surface area (Å²) in [5, 5.41) is 0. The molecule has 0 aliphatic carbocycles. The van der Waals surface area contributed by atoms with Crippen LogP contribution in [0.2, 0.25) is 0 Å². The van der Waals surface area contributed by atoms with E-state index in [0.717, 1.165) is 0 Å². The van der Waals surface area contributed by atoms with Crippen molar-refractivity contribution in [2.24, 2.45) is 0 Å². The highest BCUT2D eigenvalue weighted by Gasteiger charge is 2.41. The molecule has 5 nitrogen and oxygen atoms in total. The second-order valence-corrected chi connectivity index (χ2v) is 5.03. The van der Waals surface area contributed by atoms with E-state index >= 15 is 0 Å². The van der Waals surface area contributed by atoms with E-state index in [0.29, 0.717) is 19.4 Å². The molecule has 21 heavy (non-hydrogen) atoms. The molecule has 1 rings (SSSR count). The molecule has 0 aromatic heterocycles. The molecule has 9 heteroatoms. The SMILES string of the molecule is CN(C)C(=O)[C@@H]1CCCN1C(=O)COCC(F)(F)C(F)F. The van der Waals surface area contributed by atoms with E-state index < -0.39 is 37.5 Å². The number of carbonyl (C=O) groups excluding carboxylic acids is 2. The maximum absolute atomic E-state index is 12.6. The summed E-state index contributed by atoms with van der Waals surface area (Å²) in [6.07, 6.45) is -2.75. The third kappa shape index (κ3) is 4.55. The van der Waals surface area contributed by atoms with Gasteiger partial charge in [0.2, 0.25) is 11.8 Å². The van der Waals surface area contributed by atoms with Crippen LogP contribution < -0.4 is 0 Å². The lowest BCUT2D eigenvalue weighted by Gasteiger charge is -2.26. The van der Waals surface area contributed by atoms with Crippen LogP contribution in [0.3, 0.4) is 0 Å². The first-order valence-corrected chi connectivity index (χ1v) is 6.41. The summed E-state index contributed by atoms with van der Waals surface area (Å²) in [4.78, 5) is 26.3. The number of hydrogen-bond donors (Lipinski definition) is 0. The number of alkyl halides is 4. The van der Waals surface area contributed by atoms with E-state index in [9.17, 15) is 27.2 Å². The van der Waals surface area contributed by atoms with E-state index in [-0.39, 0.29) is 5.91 Å². The van der Waals surface area contributed by atoms with E-state index in [1.54, 1.807) is 14.1 Å². The molecule has 0 unspecified atom stereocenters. The monoisotopic (exact) mass is 314 g/mol. The molecule has 122 valence electrons. The molecule has 2 amide bonds. The fraction of sp³-hybridized carbons (Fsp3) is 0.833. The van der Waals surface area contributed by atoms with Crippen LogP contribution in [0.5, 0.6) is 0 Å². The number of ether oxygens (including phenoxy) is 1. The van der Waals surface area contributed by atoms with E-state index in [4.69, 9.17) is 0 Å². The van der Waals surface area contributed by atoms with Gasteiger partial charge in [-0.3, -0.25) is 9.59 Å². The van der Waals surface area contributed by atoms with Crippen molar-refractivity contribution in [1.29, 1.82) is 0 Å². The molecule has 0 aromatic carbocycles. The molecule has 1 saturated heterocycles. The number of amides is 2. The Morgan fingerprint density at radius 1 is 1.38 bits per heavy atom. The first-order valence-electron chi connectivity index (χ1n) is 6.41. The largest absolute Gasteiger partial charge is 0.365 e. The molecule has 1 aliphatic heterocycles. The molecule has 0 spiro atoms. The quantitative estimate of drug-likeness (QED) is 0.687. The maximum Gasteiger partial charge on any atom is 0.330 e. The summed E-state index contributed by atoms with van der Waals surface area (Å²) in [5.41, 5.74) is 0. The van der Waals surface area contributed by atoms with E-state index in [1.807, 2.05) is 0 Å². The number of halogens is 4. The number of hydrogen-bond acceptors (Lipinski definition) is 3. The molecule has 1 fully saturated rings. The van der Waals surface area contributed by atoms with Crippen molar-refractivity contribution in [3.05, 3.63) is 0 Å². The summed E-state index contributed by atoms with van der Waals surface area (Å²) >= 11 is 0. The zero-order valence-electron chi connectivity index (χ0n) is 11.8.